The summed E-state index contributed by atoms with van der Waals surface area (Å²) < 4.78 is 40.3. The van der Waals surface area contributed by atoms with Crippen LogP contribution in [0.2, 0.25) is 0 Å². The van der Waals surface area contributed by atoms with E-state index in [4.69, 9.17) is 5.73 Å². The van der Waals surface area contributed by atoms with Crippen molar-refractivity contribution in [2.24, 2.45) is 0 Å². The number of nitriles is 1. The summed E-state index contributed by atoms with van der Waals surface area (Å²) in [5.41, 5.74) is 4.04. The molecule has 0 saturated carbocycles. The molecule has 0 bridgehead atoms. The number of halogens is 3. The zero-order valence-electron chi connectivity index (χ0n) is 14.1. The van der Waals surface area contributed by atoms with Crippen LogP contribution in [0.3, 0.4) is 0 Å². The van der Waals surface area contributed by atoms with Crippen LogP contribution in [0.1, 0.15) is 11.1 Å². The van der Waals surface area contributed by atoms with Crippen LogP contribution >= 0.6 is 0 Å². The summed E-state index contributed by atoms with van der Waals surface area (Å²) in [7, 11) is 0. The van der Waals surface area contributed by atoms with Gasteiger partial charge < -0.3 is 5.73 Å². The molecular weight excluding hydrogens is 373 g/mol. The summed E-state index contributed by atoms with van der Waals surface area (Å²) in [4.78, 5) is 14.7. The number of para-hydroxylation sites is 1. The van der Waals surface area contributed by atoms with Crippen molar-refractivity contribution in [3.63, 3.8) is 0 Å². The molecule has 1 aromatic heterocycles. The van der Waals surface area contributed by atoms with Gasteiger partial charge in [0.2, 0.25) is 0 Å². The van der Waals surface area contributed by atoms with Crippen molar-refractivity contribution in [1.82, 2.24) is 4.98 Å². The van der Waals surface area contributed by atoms with Crippen LogP contribution in [-0.4, -0.2) is 9.91 Å². The topological polar surface area (TPSA) is 106 Å². The molecule has 0 saturated heterocycles. The van der Waals surface area contributed by atoms with Crippen LogP contribution in [0.15, 0.2) is 54.6 Å². The maximum absolute atomic E-state index is 13.4. The number of aromatic nitrogens is 1. The first-order valence-electron chi connectivity index (χ1n) is 7.85. The number of pyridine rings is 1. The number of rotatable bonds is 3. The first-order chi connectivity index (χ1) is 13.2. The lowest BCUT2D eigenvalue weighted by atomic mass is 9.94. The molecule has 9 heteroatoms. The number of anilines is 1. The number of nitro benzene ring substituents is 1. The van der Waals surface area contributed by atoms with E-state index in [9.17, 15) is 28.5 Å². The highest BCUT2D eigenvalue weighted by Crippen LogP contribution is 2.40. The monoisotopic (exact) mass is 384 g/mol. The van der Waals surface area contributed by atoms with Gasteiger partial charge in [0.05, 0.1) is 21.7 Å². The Bertz CT molecular complexity index is 1120. The van der Waals surface area contributed by atoms with Crippen molar-refractivity contribution in [1.29, 1.82) is 5.26 Å². The van der Waals surface area contributed by atoms with E-state index < -0.39 is 16.7 Å². The first-order valence-corrected chi connectivity index (χ1v) is 7.85. The van der Waals surface area contributed by atoms with Crippen LogP contribution in [0, 0.1) is 21.4 Å². The number of nitrogens with two attached hydrogens (primary N) is 1. The molecule has 140 valence electrons. The molecule has 6 nitrogen and oxygen atoms in total. The van der Waals surface area contributed by atoms with Crippen molar-refractivity contribution in [3.8, 4) is 28.5 Å². The molecule has 0 atom stereocenters. The Balaban J connectivity index is 2.35. The molecule has 3 rings (SSSR count). The standard InChI is InChI=1S/C19H11F3N4O2/c20-19(21,22)15-7-3-1-5-11(15)13-9-16(25-18(24)14(13)10-23)12-6-2-4-8-17(12)26(27)28/h1-9H,(H2,24,25). The van der Waals surface area contributed by atoms with Crippen molar-refractivity contribution < 1.29 is 18.1 Å². The van der Waals surface area contributed by atoms with E-state index in [1.165, 1.54) is 48.5 Å². The summed E-state index contributed by atoms with van der Waals surface area (Å²) in [6.45, 7) is 0. The van der Waals surface area contributed by atoms with E-state index in [0.29, 0.717) is 0 Å². The number of benzene rings is 2. The predicted octanol–water partition coefficient (Wildman–Crippen LogP) is 4.80. The zero-order chi connectivity index (χ0) is 20.5. The number of nitrogen functional groups attached to an aromatic ring is 1. The van der Waals surface area contributed by atoms with E-state index in [1.807, 2.05) is 0 Å². The third-order valence-electron chi connectivity index (χ3n) is 4.06. The van der Waals surface area contributed by atoms with Gasteiger partial charge in [0.1, 0.15) is 17.5 Å². The van der Waals surface area contributed by atoms with Crippen LogP contribution in [-0.2, 0) is 6.18 Å². The Morgan fingerprint density at radius 1 is 1.04 bits per heavy atom. The van der Waals surface area contributed by atoms with Gasteiger partial charge in [-0.1, -0.05) is 30.3 Å². The van der Waals surface area contributed by atoms with Gasteiger partial charge in [-0.3, -0.25) is 10.1 Å². The van der Waals surface area contributed by atoms with Gasteiger partial charge in [0.15, 0.2) is 0 Å². The minimum atomic E-state index is -4.67. The zero-order valence-corrected chi connectivity index (χ0v) is 14.1. The quantitative estimate of drug-likeness (QED) is 0.516. The van der Waals surface area contributed by atoms with E-state index in [1.54, 1.807) is 6.07 Å². The lowest BCUT2D eigenvalue weighted by Crippen LogP contribution is -2.08. The van der Waals surface area contributed by atoms with Crippen LogP contribution < -0.4 is 5.73 Å². The summed E-state index contributed by atoms with van der Waals surface area (Å²) in [5, 5.41) is 20.7. The number of alkyl halides is 3. The average Bonchev–Trinajstić information content (AvgIpc) is 2.66. The van der Waals surface area contributed by atoms with Crippen molar-refractivity contribution >= 4 is 11.5 Å². The van der Waals surface area contributed by atoms with Crippen LogP contribution in [0.25, 0.3) is 22.4 Å². The highest BCUT2D eigenvalue weighted by Gasteiger charge is 2.34. The van der Waals surface area contributed by atoms with Gasteiger partial charge in [0.25, 0.3) is 5.69 Å². The minimum Gasteiger partial charge on any atom is -0.383 e. The molecule has 0 amide bonds. The molecule has 0 fully saturated rings. The molecular formula is C19H11F3N4O2. The molecule has 28 heavy (non-hydrogen) atoms. The average molecular weight is 384 g/mol. The lowest BCUT2D eigenvalue weighted by Gasteiger charge is -2.15. The second-order valence-corrected chi connectivity index (χ2v) is 5.74. The molecule has 2 aromatic carbocycles. The highest BCUT2D eigenvalue weighted by atomic mass is 19.4. The number of nitrogens with zero attached hydrogens (tertiary/aromatic N) is 3. The fraction of sp³-hybridized carbons (Fsp3) is 0.0526. The number of nitro groups is 1. The number of hydrogen-bond acceptors (Lipinski definition) is 5. The largest absolute Gasteiger partial charge is 0.417 e. The molecule has 0 spiro atoms. The summed E-state index contributed by atoms with van der Waals surface area (Å²) >= 11 is 0. The Labute approximate surface area is 156 Å². The SMILES string of the molecule is N#Cc1c(-c2ccccc2C(F)(F)F)cc(-c2ccccc2[N+](=O)[O-])nc1N. The Kier molecular flexibility index (Phi) is 4.71. The molecule has 0 aliphatic heterocycles. The van der Waals surface area contributed by atoms with E-state index in [-0.39, 0.29) is 39.5 Å². The molecule has 1 heterocycles. The first kappa shape index (κ1) is 18.8. The van der Waals surface area contributed by atoms with Gasteiger partial charge in [-0.05, 0) is 23.8 Å². The molecule has 0 aliphatic carbocycles. The summed E-state index contributed by atoms with van der Waals surface area (Å²) in [6, 6.07) is 13.3. The Hall–Kier alpha value is -3.93. The third kappa shape index (κ3) is 3.35. The smallest absolute Gasteiger partial charge is 0.383 e. The van der Waals surface area contributed by atoms with Crippen molar-refractivity contribution in [3.05, 3.63) is 75.8 Å². The molecule has 0 aliphatic rings. The predicted molar refractivity (Wildman–Crippen MR) is 95.9 cm³/mol. The maximum Gasteiger partial charge on any atom is 0.417 e. The van der Waals surface area contributed by atoms with Crippen LogP contribution in [0.4, 0.5) is 24.7 Å². The van der Waals surface area contributed by atoms with E-state index >= 15 is 0 Å². The Morgan fingerprint density at radius 3 is 2.25 bits per heavy atom. The Morgan fingerprint density at radius 2 is 1.64 bits per heavy atom. The van der Waals surface area contributed by atoms with Gasteiger partial charge in [0, 0.05) is 11.6 Å². The minimum absolute atomic E-state index is 0.00391. The van der Waals surface area contributed by atoms with Crippen LogP contribution in [0.5, 0.6) is 0 Å². The lowest BCUT2D eigenvalue weighted by molar-refractivity contribution is -0.384. The second-order valence-electron chi connectivity index (χ2n) is 5.74. The van der Waals surface area contributed by atoms with Gasteiger partial charge >= 0.3 is 6.18 Å². The van der Waals surface area contributed by atoms with E-state index in [0.717, 1.165) is 6.07 Å². The third-order valence-corrected chi connectivity index (χ3v) is 4.06. The maximum atomic E-state index is 13.4. The van der Waals surface area contributed by atoms with Crippen molar-refractivity contribution in [2.45, 2.75) is 6.18 Å². The normalized spacial score (nSPS) is 11.1. The fourth-order valence-electron chi connectivity index (χ4n) is 2.85. The summed E-state index contributed by atoms with van der Waals surface area (Å²) in [6.07, 6.45) is -4.67. The molecule has 3 aromatic rings. The van der Waals surface area contributed by atoms with E-state index in [2.05, 4.69) is 4.98 Å². The van der Waals surface area contributed by atoms with Gasteiger partial charge in [-0.25, -0.2) is 4.98 Å². The fourth-order valence-corrected chi connectivity index (χ4v) is 2.85. The molecule has 2 N–H and O–H groups in total. The molecule has 0 unspecified atom stereocenters. The van der Waals surface area contributed by atoms with Crippen molar-refractivity contribution in [2.75, 3.05) is 5.73 Å². The summed E-state index contributed by atoms with van der Waals surface area (Å²) in [5.74, 6) is -0.315. The van der Waals surface area contributed by atoms with Gasteiger partial charge in [-0.2, -0.15) is 18.4 Å². The second kappa shape index (κ2) is 7.00. The number of hydrogen-bond donors (Lipinski definition) is 1. The highest BCUT2D eigenvalue weighted by molar-refractivity contribution is 5.83. The van der Waals surface area contributed by atoms with Gasteiger partial charge in [-0.15, -0.1) is 0 Å². The molecule has 0 radical (unpaired) electrons.